The number of aromatic nitrogens is 1. The summed E-state index contributed by atoms with van der Waals surface area (Å²) in [7, 11) is 1.87. The van der Waals surface area contributed by atoms with E-state index in [0.717, 1.165) is 12.8 Å². The largest absolute Gasteiger partial charge is 0.384 e. The third-order valence-corrected chi connectivity index (χ3v) is 4.13. The van der Waals surface area contributed by atoms with E-state index in [0.29, 0.717) is 23.1 Å². The van der Waals surface area contributed by atoms with Gasteiger partial charge in [-0.25, -0.2) is 0 Å². The van der Waals surface area contributed by atoms with E-state index >= 15 is 0 Å². The van der Waals surface area contributed by atoms with Gasteiger partial charge in [0.2, 0.25) is 0 Å². The Bertz CT molecular complexity index is 559. The zero-order valence-electron chi connectivity index (χ0n) is 12.7. The Hall–Kier alpha value is -1.86. The normalized spacial score (nSPS) is 21.3. The van der Waals surface area contributed by atoms with Crippen LogP contribution in [0.2, 0.25) is 0 Å². The molecule has 0 aromatic carbocycles. The SMILES string of the molecule is CC1CCCC(N(C)C(=O)c2ccncc2C#CCO)C1. The van der Waals surface area contributed by atoms with E-state index in [1.165, 1.54) is 12.8 Å². The maximum absolute atomic E-state index is 12.7. The number of pyridine rings is 1. The molecule has 0 bridgehead atoms. The zero-order valence-corrected chi connectivity index (χ0v) is 12.7. The fourth-order valence-electron chi connectivity index (χ4n) is 2.92. The molecule has 0 spiro atoms. The van der Waals surface area contributed by atoms with Crippen LogP contribution in [0.1, 0.15) is 48.5 Å². The van der Waals surface area contributed by atoms with Gasteiger partial charge in [-0.2, -0.15) is 0 Å². The average molecular weight is 286 g/mol. The van der Waals surface area contributed by atoms with Gasteiger partial charge in [0.25, 0.3) is 5.91 Å². The minimum absolute atomic E-state index is 0.0151. The highest BCUT2D eigenvalue weighted by Gasteiger charge is 2.26. The summed E-state index contributed by atoms with van der Waals surface area (Å²) in [6.07, 6.45) is 7.74. The number of nitrogens with zero attached hydrogens (tertiary/aromatic N) is 2. The van der Waals surface area contributed by atoms with E-state index < -0.39 is 0 Å². The number of hydrogen-bond donors (Lipinski definition) is 1. The second-order valence-electron chi connectivity index (χ2n) is 5.72. The highest BCUT2D eigenvalue weighted by atomic mass is 16.2. The quantitative estimate of drug-likeness (QED) is 0.847. The lowest BCUT2D eigenvalue weighted by molar-refractivity contribution is 0.0672. The van der Waals surface area contributed by atoms with Gasteiger partial charge in [0.1, 0.15) is 6.61 Å². The van der Waals surface area contributed by atoms with Gasteiger partial charge >= 0.3 is 0 Å². The number of carbonyl (C=O) groups excluding carboxylic acids is 1. The van der Waals surface area contributed by atoms with Gasteiger partial charge in [-0.05, 0) is 24.8 Å². The molecule has 4 heteroatoms. The van der Waals surface area contributed by atoms with Gasteiger partial charge in [0.15, 0.2) is 0 Å². The monoisotopic (exact) mass is 286 g/mol. The highest BCUT2D eigenvalue weighted by Crippen LogP contribution is 2.27. The van der Waals surface area contributed by atoms with Crippen LogP contribution in [0, 0.1) is 17.8 Å². The first-order valence-electron chi connectivity index (χ1n) is 7.44. The molecule has 1 aliphatic carbocycles. The number of amides is 1. The smallest absolute Gasteiger partial charge is 0.255 e. The standard InChI is InChI=1S/C17H22N2O2/c1-13-5-3-7-15(11-13)19(2)17(21)16-8-9-18-12-14(16)6-4-10-20/h8-9,12-13,15,20H,3,5,7,10-11H2,1-2H3. The Kier molecular flexibility index (Phi) is 5.35. The lowest BCUT2D eigenvalue weighted by Crippen LogP contribution is -2.40. The summed E-state index contributed by atoms with van der Waals surface area (Å²) < 4.78 is 0. The zero-order chi connectivity index (χ0) is 15.2. The molecule has 2 rings (SSSR count). The third kappa shape index (κ3) is 3.83. The predicted molar refractivity (Wildman–Crippen MR) is 81.7 cm³/mol. The molecule has 0 aliphatic heterocycles. The van der Waals surface area contributed by atoms with Crippen LogP contribution in [0.15, 0.2) is 18.5 Å². The molecule has 1 amide bonds. The summed E-state index contributed by atoms with van der Waals surface area (Å²) in [5.74, 6) is 6.04. The van der Waals surface area contributed by atoms with Gasteiger partial charge in [0, 0.05) is 25.5 Å². The molecule has 1 aromatic heterocycles. The maximum atomic E-state index is 12.7. The van der Waals surface area contributed by atoms with Crippen molar-refractivity contribution in [3.8, 4) is 11.8 Å². The molecule has 112 valence electrons. The number of aliphatic hydroxyl groups excluding tert-OH is 1. The van der Waals surface area contributed by atoms with E-state index in [4.69, 9.17) is 5.11 Å². The van der Waals surface area contributed by atoms with Crippen molar-refractivity contribution in [1.82, 2.24) is 9.88 Å². The van der Waals surface area contributed by atoms with Crippen LogP contribution in [-0.2, 0) is 0 Å². The van der Waals surface area contributed by atoms with Crippen molar-refractivity contribution < 1.29 is 9.90 Å². The molecule has 0 radical (unpaired) electrons. The molecule has 1 fully saturated rings. The topological polar surface area (TPSA) is 53.4 Å². The first kappa shape index (κ1) is 15.5. The van der Waals surface area contributed by atoms with Crippen LogP contribution in [0.3, 0.4) is 0 Å². The Balaban J connectivity index is 2.19. The van der Waals surface area contributed by atoms with Gasteiger partial charge in [-0.3, -0.25) is 9.78 Å². The second-order valence-corrected chi connectivity index (χ2v) is 5.72. The van der Waals surface area contributed by atoms with Crippen LogP contribution in [-0.4, -0.2) is 40.6 Å². The average Bonchev–Trinajstić information content (AvgIpc) is 2.51. The van der Waals surface area contributed by atoms with Crippen molar-refractivity contribution in [2.45, 2.75) is 38.6 Å². The molecular formula is C17H22N2O2. The van der Waals surface area contributed by atoms with Crippen LogP contribution >= 0.6 is 0 Å². The van der Waals surface area contributed by atoms with Crippen molar-refractivity contribution in [3.05, 3.63) is 29.6 Å². The lowest BCUT2D eigenvalue weighted by Gasteiger charge is -2.34. The molecule has 21 heavy (non-hydrogen) atoms. The first-order valence-corrected chi connectivity index (χ1v) is 7.44. The molecule has 1 saturated carbocycles. The van der Waals surface area contributed by atoms with E-state index in [2.05, 4.69) is 23.7 Å². The molecule has 1 aliphatic rings. The molecule has 0 saturated heterocycles. The molecule has 1 aromatic rings. The van der Waals surface area contributed by atoms with E-state index in [-0.39, 0.29) is 12.5 Å². The van der Waals surface area contributed by atoms with Crippen molar-refractivity contribution in [1.29, 1.82) is 0 Å². The van der Waals surface area contributed by atoms with Crippen LogP contribution in [0.5, 0.6) is 0 Å². The van der Waals surface area contributed by atoms with Crippen LogP contribution < -0.4 is 0 Å². The second kappa shape index (κ2) is 7.24. The Labute approximate surface area is 126 Å². The summed E-state index contributed by atoms with van der Waals surface area (Å²) >= 11 is 0. The molecule has 4 nitrogen and oxygen atoms in total. The fourth-order valence-corrected chi connectivity index (χ4v) is 2.92. The molecule has 1 N–H and O–H groups in total. The minimum atomic E-state index is -0.224. The van der Waals surface area contributed by atoms with Crippen molar-refractivity contribution in [2.75, 3.05) is 13.7 Å². The summed E-state index contributed by atoms with van der Waals surface area (Å²) in [6.45, 7) is 2.02. The summed E-state index contributed by atoms with van der Waals surface area (Å²) in [5.41, 5.74) is 1.14. The number of carbonyl (C=O) groups is 1. The number of rotatable bonds is 2. The fraction of sp³-hybridized carbons (Fsp3) is 0.529. The Morgan fingerprint density at radius 1 is 1.52 bits per heavy atom. The minimum Gasteiger partial charge on any atom is -0.384 e. The van der Waals surface area contributed by atoms with Gasteiger partial charge < -0.3 is 10.0 Å². The van der Waals surface area contributed by atoms with Crippen LogP contribution in [0.4, 0.5) is 0 Å². The lowest BCUT2D eigenvalue weighted by atomic mass is 9.86. The van der Waals surface area contributed by atoms with Gasteiger partial charge in [0.05, 0.1) is 11.1 Å². The number of aliphatic hydroxyl groups is 1. The molecule has 2 unspecified atom stereocenters. The van der Waals surface area contributed by atoms with Crippen LogP contribution in [0.25, 0.3) is 0 Å². The first-order chi connectivity index (χ1) is 10.1. The highest BCUT2D eigenvalue weighted by molar-refractivity contribution is 5.96. The van der Waals surface area contributed by atoms with E-state index in [9.17, 15) is 4.79 Å². The molecular weight excluding hydrogens is 264 g/mol. The van der Waals surface area contributed by atoms with Crippen molar-refractivity contribution in [2.24, 2.45) is 5.92 Å². The van der Waals surface area contributed by atoms with Crippen molar-refractivity contribution in [3.63, 3.8) is 0 Å². The Morgan fingerprint density at radius 2 is 2.33 bits per heavy atom. The summed E-state index contributed by atoms with van der Waals surface area (Å²) in [5, 5.41) is 8.81. The molecule has 1 heterocycles. The van der Waals surface area contributed by atoms with E-state index in [1.807, 2.05) is 11.9 Å². The molecule has 2 atom stereocenters. The van der Waals surface area contributed by atoms with Gasteiger partial charge in [-0.15, -0.1) is 0 Å². The Morgan fingerprint density at radius 3 is 3.05 bits per heavy atom. The summed E-state index contributed by atoms with van der Waals surface area (Å²) in [6, 6.07) is 2.00. The van der Waals surface area contributed by atoms with Gasteiger partial charge in [-0.1, -0.05) is 31.6 Å². The summed E-state index contributed by atoms with van der Waals surface area (Å²) in [4.78, 5) is 18.6. The maximum Gasteiger partial charge on any atom is 0.255 e. The van der Waals surface area contributed by atoms with Crippen molar-refractivity contribution >= 4 is 5.91 Å². The van der Waals surface area contributed by atoms with E-state index in [1.54, 1.807) is 18.5 Å². The predicted octanol–water partition coefficient (Wildman–Crippen LogP) is 2.08. The number of hydrogen-bond acceptors (Lipinski definition) is 3. The third-order valence-electron chi connectivity index (χ3n) is 4.13.